The number of aryl methyl sites for hydroxylation is 1. The number of aromatic nitrogens is 2. The maximum Gasteiger partial charge on any atom is 0.229 e. The number of nitrogens with one attached hydrogen (secondary N) is 1. The van der Waals surface area contributed by atoms with Crippen molar-refractivity contribution >= 4 is 0 Å². The molecular weight excluding hydrogens is 214 g/mol. The predicted octanol–water partition coefficient (Wildman–Crippen LogP) is 2.66. The Bertz CT molecular complexity index is 329. The first-order chi connectivity index (χ1) is 8.33. The summed E-state index contributed by atoms with van der Waals surface area (Å²) in [5, 5.41) is 7.57. The molecule has 1 heterocycles. The van der Waals surface area contributed by atoms with Gasteiger partial charge in [-0.1, -0.05) is 19.0 Å². The van der Waals surface area contributed by atoms with Gasteiger partial charge in [0.1, 0.15) is 0 Å². The minimum Gasteiger partial charge on any atom is -0.339 e. The highest BCUT2D eigenvalue weighted by Crippen LogP contribution is 2.31. The van der Waals surface area contributed by atoms with Gasteiger partial charge in [0.05, 0.1) is 0 Å². The van der Waals surface area contributed by atoms with Crippen molar-refractivity contribution in [2.45, 2.75) is 64.3 Å². The van der Waals surface area contributed by atoms with E-state index in [0.717, 1.165) is 24.7 Å². The van der Waals surface area contributed by atoms with Crippen molar-refractivity contribution < 1.29 is 4.52 Å². The second kappa shape index (κ2) is 6.15. The molecule has 0 aromatic carbocycles. The quantitative estimate of drug-likeness (QED) is 0.855. The summed E-state index contributed by atoms with van der Waals surface area (Å²) in [5.41, 5.74) is 0. The van der Waals surface area contributed by atoms with Crippen LogP contribution in [0.2, 0.25) is 0 Å². The third-order valence-corrected chi connectivity index (χ3v) is 3.56. The summed E-state index contributed by atoms with van der Waals surface area (Å²) in [5.74, 6) is 2.18. The normalized spacial score (nSPS) is 25.1. The summed E-state index contributed by atoms with van der Waals surface area (Å²) in [4.78, 5) is 4.44. The van der Waals surface area contributed by atoms with Crippen molar-refractivity contribution in [1.29, 1.82) is 0 Å². The van der Waals surface area contributed by atoms with Gasteiger partial charge in [0.2, 0.25) is 5.89 Å². The molecule has 1 N–H and O–H groups in total. The molecule has 1 aliphatic rings. The van der Waals surface area contributed by atoms with Crippen LogP contribution in [0.4, 0.5) is 0 Å². The average Bonchev–Trinajstić information content (AvgIpc) is 2.86. The Balaban J connectivity index is 1.82. The Kier molecular flexibility index (Phi) is 4.54. The summed E-state index contributed by atoms with van der Waals surface area (Å²) in [6.45, 7) is 5.40. The van der Waals surface area contributed by atoms with Crippen molar-refractivity contribution in [2.24, 2.45) is 0 Å². The van der Waals surface area contributed by atoms with E-state index in [1.54, 1.807) is 0 Å². The molecular formula is C13H23N3O. The summed E-state index contributed by atoms with van der Waals surface area (Å²) >= 11 is 0. The van der Waals surface area contributed by atoms with Crippen LogP contribution in [-0.4, -0.2) is 22.7 Å². The van der Waals surface area contributed by atoms with Crippen LogP contribution in [0.25, 0.3) is 0 Å². The third kappa shape index (κ3) is 3.28. The fourth-order valence-corrected chi connectivity index (χ4v) is 2.47. The molecule has 2 rings (SSSR count). The van der Waals surface area contributed by atoms with E-state index in [4.69, 9.17) is 4.52 Å². The van der Waals surface area contributed by atoms with Gasteiger partial charge in [-0.05, 0) is 38.6 Å². The standard InChI is InChI=1S/C13H23N3O/c1-3-9-14-11-7-5-10(6-8-11)13-15-12(4-2)16-17-13/h10-11,14H,3-9H2,1-2H3. The van der Waals surface area contributed by atoms with Gasteiger partial charge in [-0.25, -0.2) is 0 Å². The molecule has 0 saturated heterocycles. The molecule has 0 amide bonds. The number of hydrogen-bond donors (Lipinski definition) is 1. The lowest BCUT2D eigenvalue weighted by Crippen LogP contribution is -2.33. The van der Waals surface area contributed by atoms with Gasteiger partial charge < -0.3 is 9.84 Å². The van der Waals surface area contributed by atoms with Crippen LogP contribution in [0.5, 0.6) is 0 Å². The Labute approximate surface area is 103 Å². The molecule has 96 valence electrons. The van der Waals surface area contributed by atoms with E-state index in [1.807, 2.05) is 0 Å². The second-order valence-electron chi connectivity index (χ2n) is 4.91. The number of rotatable bonds is 5. The SMILES string of the molecule is CCCNC1CCC(c2nc(CC)no2)CC1. The van der Waals surface area contributed by atoms with Gasteiger partial charge in [0, 0.05) is 18.4 Å². The Morgan fingerprint density at radius 1 is 1.24 bits per heavy atom. The van der Waals surface area contributed by atoms with Gasteiger partial charge in [0.25, 0.3) is 0 Å². The first-order valence-electron chi connectivity index (χ1n) is 6.89. The van der Waals surface area contributed by atoms with E-state index in [9.17, 15) is 0 Å². The lowest BCUT2D eigenvalue weighted by atomic mass is 9.86. The molecule has 1 aromatic rings. The maximum atomic E-state index is 5.33. The lowest BCUT2D eigenvalue weighted by molar-refractivity contribution is 0.282. The van der Waals surface area contributed by atoms with Crippen LogP contribution in [0, 0.1) is 0 Å². The molecule has 17 heavy (non-hydrogen) atoms. The molecule has 1 saturated carbocycles. The fraction of sp³-hybridized carbons (Fsp3) is 0.846. The predicted molar refractivity (Wildman–Crippen MR) is 67.0 cm³/mol. The van der Waals surface area contributed by atoms with Crippen LogP contribution in [0.3, 0.4) is 0 Å². The van der Waals surface area contributed by atoms with Crippen LogP contribution in [0.15, 0.2) is 4.52 Å². The van der Waals surface area contributed by atoms with E-state index in [2.05, 4.69) is 29.3 Å². The molecule has 1 aliphatic carbocycles. The van der Waals surface area contributed by atoms with Gasteiger partial charge in [0.15, 0.2) is 5.82 Å². The van der Waals surface area contributed by atoms with E-state index < -0.39 is 0 Å². The number of hydrogen-bond acceptors (Lipinski definition) is 4. The monoisotopic (exact) mass is 237 g/mol. The second-order valence-corrected chi connectivity index (χ2v) is 4.91. The molecule has 0 radical (unpaired) electrons. The first-order valence-corrected chi connectivity index (χ1v) is 6.89. The molecule has 0 bridgehead atoms. The van der Waals surface area contributed by atoms with Gasteiger partial charge in [-0.15, -0.1) is 0 Å². The smallest absolute Gasteiger partial charge is 0.229 e. The summed E-state index contributed by atoms with van der Waals surface area (Å²) < 4.78 is 5.33. The molecule has 0 atom stereocenters. The molecule has 1 fully saturated rings. The Hall–Kier alpha value is -0.900. The number of nitrogens with zero attached hydrogens (tertiary/aromatic N) is 2. The minimum absolute atomic E-state index is 0.488. The third-order valence-electron chi connectivity index (χ3n) is 3.56. The fourth-order valence-electron chi connectivity index (χ4n) is 2.47. The van der Waals surface area contributed by atoms with Crippen molar-refractivity contribution in [2.75, 3.05) is 6.54 Å². The Morgan fingerprint density at radius 3 is 2.59 bits per heavy atom. The van der Waals surface area contributed by atoms with Crippen molar-refractivity contribution in [3.8, 4) is 0 Å². The summed E-state index contributed by atoms with van der Waals surface area (Å²) in [6, 6.07) is 0.694. The molecule has 1 aromatic heterocycles. The molecule has 0 spiro atoms. The van der Waals surface area contributed by atoms with Crippen molar-refractivity contribution in [3.63, 3.8) is 0 Å². The average molecular weight is 237 g/mol. The molecule has 4 nitrogen and oxygen atoms in total. The van der Waals surface area contributed by atoms with Gasteiger partial charge in [-0.3, -0.25) is 0 Å². The largest absolute Gasteiger partial charge is 0.339 e. The van der Waals surface area contributed by atoms with Crippen LogP contribution >= 0.6 is 0 Å². The van der Waals surface area contributed by atoms with Crippen LogP contribution in [0.1, 0.15) is 63.6 Å². The van der Waals surface area contributed by atoms with Crippen LogP contribution in [-0.2, 0) is 6.42 Å². The lowest BCUT2D eigenvalue weighted by Gasteiger charge is -2.27. The molecule has 0 unspecified atom stereocenters. The van der Waals surface area contributed by atoms with Gasteiger partial charge >= 0.3 is 0 Å². The highest BCUT2D eigenvalue weighted by atomic mass is 16.5. The van der Waals surface area contributed by atoms with Gasteiger partial charge in [-0.2, -0.15) is 4.98 Å². The molecule has 4 heteroatoms. The zero-order valence-corrected chi connectivity index (χ0v) is 10.9. The highest BCUT2D eigenvalue weighted by Gasteiger charge is 2.25. The van der Waals surface area contributed by atoms with E-state index in [1.165, 1.54) is 32.1 Å². The Morgan fingerprint density at radius 2 is 2.00 bits per heavy atom. The topological polar surface area (TPSA) is 51.0 Å². The molecule has 0 aliphatic heterocycles. The van der Waals surface area contributed by atoms with E-state index in [0.29, 0.717) is 12.0 Å². The zero-order chi connectivity index (χ0) is 12.1. The van der Waals surface area contributed by atoms with Crippen molar-refractivity contribution in [1.82, 2.24) is 15.5 Å². The highest BCUT2D eigenvalue weighted by molar-refractivity contribution is 4.97. The van der Waals surface area contributed by atoms with Crippen molar-refractivity contribution in [3.05, 3.63) is 11.7 Å². The summed E-state index contributed by atoms with van der Waals surface area (Å²) in [6.07, 6.45) is 6.88. The first kappa shape index (κ1) is 12.6. The van der Waals surface area contributed by atoms with Crippen LogP contribution < -0.4 is 5.32 Å². The van der Waals surface area contributed by atoms with E-state index >= 15 is 0 Å². The van der Waals surface area contributed by atoms with E-state index in [-0.39, 0.29) is 0 Å². The zero-order valence-electron chi connectivity index (χ0n) is 10.9. The maximum absolute atomic E-state index is 5.33. The summed E-state index contributed by atoms with van der Waals surface area (Å²) in [7, 11) is 0. The minimum atomic E-state index is 0.488.